The Balaban J connectivity index is 1.52. The van der Waals surface area contributed by atoms with Gasteiger partial charge in [-0.15, -0.1) is 0 Å². The average molecular weight is 398 g/mol. The van der Waals surface area contributed by atoms with Gasteiger partial charge in [-0.2, -0.15) is 13.2 Å². The van der Waals surface area contributed by atoms with Crippen LogP contribution in [0, 0.1) is 0 Å². The van der Waals surface area contributed by atoms with Crippen LogP contribution in [0.15, 0.2) is 48.5 Å². The van der Waals surface area contributed by atoms with Crippen LogP contribution in [0.5, 0.6) is 0 Å². The van der Waals surface area contributed by atoms with Gasteiger partial charge in [0, 0.05) is 31.9 Å². The van der Waals surface area contributed by atoms with Crippen molar-refractivity contribution in [1.82, 2.24) is 4.90 Å². The van der Waals surface area contributed by atoms with Gasteiger partial charge in [0.05, 0.1) is 22.8 Å². The molecule has 2 aromatic carbocycles. The number of halogens is 4. The molecule has 0 saturated carbocycles. The topological polar surface area (TPSA) is 35.6 Å². The number of hydrogen-bond acceptors (Lipinski definition) is 3. The molecule has 0 unspecified atom stereocenters. The van der Waals surface area contributed by atoms with Crippen molar-refractivity contribution in [2.45, 2.75) is 6.18 Å². The number of piperazine rings is 1. The minimum Gasteiger partial charge on any atom is -0.368 e. The first kappa shape index (κ1) is 19.5. The molecule has 0 bridgehead atoms. The summed E-state index contributed by atoms with van der Waals surface area (Å²) in [7, 11) is 0. The number of carbonyl (C=O) groups is 1. The van der Waals surface area contributed by atoms with Gasteiger partial charge < -0.3 is 10.2 Å². The Kier molecular flexibility index (Phi) is 5.92. The molecule has 8 heteroatoms. The number of amides is 1. The van der Waals surface area contributed by atoms with Crippen LogP contribution in [0.2, 0.25) is 5.02 Å². The molecule has 0 aliphatic carbocycles. The van der Waals surface area contributed by atoms with E-state index in [9.17, 15) is 18.0 Å². The lowest BCUT2D eigenvalue weighted by molar-refractivity contribution is -0.137. The van der Waals surface area contributed by atoms with E-state index < -0.39 is 11.7 Å². The Hall–Kier alpha value is -2.25. The largest absolute Gasteiger partial charge is 0.416 e. The summed E-state index contributed by atoms with van der Waals surface area (Å²) < 4.78 is 38.2. The highest BCUT2D eigenvalue weighted by Crippen LogP contribution is 2.30. The molecule has 4 nitrogen and oxygen atoms in total. The highest BCUT2D eigenvalue weighted by atomic mass is 35.5. The SMILES string of the molecule is O=C(CN1CCN(c2ccccc2Cl)CC1)Nc1cccc(C(F)(F)F)c1. The van der Waals surface area contributed by atoms with Crippen molar-refractivity contribution < 1.29 is 18.0 Å². The first-order valence-corrected chi connectivity index (χ1v) is 8.90. The predicted molar refractivity (Wildman–Crippen MR) is 100 cm³/mol. The number of carbonyl (C=O) groups excluding carboxylic acids is 1. The summed E-state index contributed by atoms with van der Waals surface area (Å²) in [5.41, 5.74) is 0.324. The minimum absolute atomic E-state index is 0.132. The summed E-state index contributed by atoms with van der Waals surface area (Å²) in [5.74, 6) is -0.333. The third-order valence-electron chi connectivity index (χ3n) is 4.41. The maximum atomic E-state index is 12.7. The van der Waals surface area contributed by atoms with E-state index in [1.165, 1.54) is 12.1 Å². The molecule has 1 saturated heterocycles. The maximum Gasteiger partial charge on any atom is 0.416 e. The van der Waals surface area contributed by atoms with E-state index in [-0.39, 0.29) is 18.1 Å². The van der Waals surface area contributed by atoms with Crippen LogP contribution in [0.25, 0.3) is 0 Å². The van der Waals surface area contributed by atoms with Crippen LogP contribution >= 0.6 is 11.6 Å². The minimum atomic E-state index is -4.43. The Labute approximate surface area is 160 Å². The van der Waals surface area contributed by atoms with E-state index >= 15 is 0 Å². The molecule has 3 rings (SSSR count). The molecule has 1 heterocycles. The summed E-state index contributed by atoms with van der Waals surface area (Å²) in [6, 6.07) is 12.2. The Morgan fingerprint density at radius 2 is 1.74 bits per heavy atom. The second kappa shape index (κ2) is 8.19. The van der Waals surface area contributed by atoms with Gasteiger partial charge in [0.15, 0.2) is 0 Å². The lowest BCUT2D eigenvalue weighted by atomic mass is 10.2. The van der Waals surface area contributed by atoms with Gasteiger partial charge in [-0.1, -0.05) is 29.8 Å². The van der Waals surface area contributed by atoms with Crippen LogP contribution in [-0.4, -0.2) is 43.5 Å². The molecular formula is C19H19ClF3N3O. The molecule has 0 spiro atoms. The van der Waals surface area contributed by atoms with Crippen LogP contribution < -0.4 is 10.2 Å². The van der Waals surface area contributed by atoms with Crippen LogP contribution in [0.4, 0.5) is 24.5 Å². The number of hydrogen-bond donors (Lipinski definition) is 1. The summed E-state index contributed by atoms with van der Waals surface area (Å²) in [6.45, 7) is 2.91. The number of alkyl halides is 3. The summed E-state index contributed by atoms with van der Waals surface area (Å²) in [4.78, 5) is 16.3. The van der Waals surface area contributed by atoms with E-state index in [2.05, 4.69) is 10.2 Å². The zero-order valence-electron chi connectivity index (χ0n) is 14.5. The fraction of sp³-hybridized carbons (Fsp3) is 0.316. The van der Waals surface area contributed by atoms with Gasteiger partial charge in [0.25, 0.3) is 0 Å². The van der Waals surface area contributed by atoms with Crippen molar-refractivity contribution in [2.24, 2.45) is 0 Å². The Bertz CT molecular complexity index is 805. The molecule has 1 N–H and O–H groups in total. The smallest absolute Gasteiger partial charge is 0.368 e. The van der Waals surface area contributed by atoms with Crippen LogP contribution in [0.3, 0.4) is 0 Å². The van der Waals surface area contributed by atoms with Crippen molar-refractivity contribution in [2.75, 3.05) is 42.9 Å². The number of benzene rings is 2. The molecule has 1 aliphatic heterocycles. The van der Waals surface area contributed by atoms with E-state index in [0.717, 1.165) is 30.9 Å². The molecule has 2 aromatic rings. The molecule has 0 atom stereocenters. The molecule has 0 radical (unpaired) electrons. The van der Waals surface area contributed by atoms with Crippen LogP contribution in [-0.2, 0) is 11.0 Å². The standard InChI is InChI=1S/C19H19ClF3N3O/c20-16-6-1-2-7-17(16)26-10-8-25(9-11-26)13-18(27)24-15-5-3-4-14(12-15)19(21,22)23/h1-7,12H,8-11,13H2,(H,24,27). The summed E-state index contributed by atoms with van der Waals surface area (Å²) in [6.07, 6.45) is -4.43. The zero-order chi connectivity index (χ0) is 19.4. The van der Waals surface area contributed by atoms with Gasteiger partial charge in [-0.05, 0) is 30.3 Å². The molecule has 27 heavy (non-hydrogen) atoms. The quantitative estimate of drug-likeness (QED) is 0.843. The first-order chi connectivity index (χ1) is 12.8. The normalized spacial score (nSPS) is 15.6. The molecule has 1 fully saturated rings. The second-order valence-corrected chi connectivity index (χ2v) is 6.75. The molecular weight excluding hydrogens is 379 g/mol. The number of nitrogens with zero attached hydrogens (tertiary/aromatic N) is 2. The predicted octanol–water partition coefficient (Wildman–Crippen LogP) is 4.12. The van der Waals surface area contributed by atoms with E-state index in [1.807, 2.05) is 29.2 Å². The van der Waals surface area contributed by atoms with Crippen molar-refractivity contribution in [3.8, 4) is 0 Å². The summed E-state index contributed by atoms with van der Waals surface area (Å²) in [5, 5.41) is 3.23. The fourth-order valence-corrected chi connectivity index (χ4v) is 3.29. The first-order valence-electron chi connectivity index (χ1n) is 8.52. The highest BCUT2D eigenvalue weighted by molar-refractivity contribution is 6.33. The number of nitrogens with one attached hydrogen (secondary N) is 1. The molecule has 1 amide bonds. The van der Waals surface area contributed by atoms with Crippen molar-refractivity contribution in [3.63, 3.8) is 0 Å². The lowest BCUT2D eigenvalue weighted by Crippen LogP contribution is -2.48. The average Bonchev–Trinajstić information content (AvgIpc) is 2.62. The van der Waals surface area contributed by atoms with Gasteiger partial charge in [0.1, 0.15) is 0 Å². The maximum absolute atomic E-state index is 12.7. The van der Waals surface area contributed by atoms with Crippen molar-refractivity contribution in [3.05, 3.63) is 59.1 Å². The van der Waals surface area contributed by atoms with Gasteiger partial charge in [0.2, 0.25) is 5.91 Å². The Morgan fingerprint density at radius 1 is 1.04 bits per heavy atom. The summed E-state index contributed by atoms with van der Waals surface area (Å²) >= 11 is 6.21. The third-order valence-corrected chi connectivity index (χ3v) is 4.73. The van der Waals surface area contributed by atoms with E-state index in [0.29, 0.717) is 18.1 Å². The zero-order valence-corrected chi connectivity index (χ0v) is 15.2. The highest BCUT2D eigenvalue weighted by Gasteiger charge is 2.30. The molecule has 144 valence electrons. The van der Waals surface area contributed by atoms with Gasteiger partial charge in [-0.3, -0.25) is 9.69 Å². The fourth-order valence-electron chi connectivity index (χ4n) is 3.03. The van der Waals surface area contributed by atoms with Gasteiger partial charge >= 0.3 is 6.18 Å². The van der Waals surface area contributed by atoms with Crippen LogP contribution in [0.1, 0.15) is 5.56 Å². The number of rotatable bonds is 4. The second-order valence-electron chi connectivity index (χ2n) is 6.34. The van der Waals surface area contributed by atoms with E-state index in [1.54, 1.807) is 0 Å². The molecule has 0 aromatic heterocycles. The third kappa shape index (κ3) is 5.14. The van der Waals surface area contributed by atoms with Crippen molar-refractivity contribution in [1.29, 1.82) is 0 Å². The number of para-hydroxylation sites is 1. The van der Waals surface area contributed by atoms with E-state index in [4.69, 9.17) is 11.6 Å². The lowest BCUT2D eigenvalue weighted by Gasteiger charge is -2.36. The number of anilines is 2. The monoisotopic (exact) mass is 397 g/mol. The van der Waals surface area contributed by atoms with Crippen molar-refractivity contribution >= 4 is 28.9 Å². The molecule has 1 aliphatic rings. The van der Waals surface area contributed by atoms with Gasteiger partial charge in [-0.25, -0.2) is 0 Å². The Morgan fingerprint density at radius 3 is 2.41 bits per heavy atom.